The molecule has 3 rings (SSSR count). The lowest BCUT2D eigenvalue weighted by molar-refractivity contribution is 0.104. The van der Waals surface area contributed by atoms with E-state index >= 15 is 0 Å². The molecule has 0 saturated carbocycles. The van der Waals surface area contributed by atoms with Crippen LogP contribution in [0.15, 0.2) is 78.9 Å². The molecule has 28 heavy (non-hydrogen) atoms. The van der Waals surface area contributed by atoms with E-state index in [-0.39, 0.29) is 34.5 Å². The molecule has 138 valence electrons. The van der Waals surface area contributed by atoms with Crippen LogP contribution in [-0.2, 0) is 0 Å². The Hall–Kier alpha value is -3.99. The van der Waals surface area contributed by atoms with Gasteiger partial charge in [0, 0.05) is 0 Å². The molecule has 0 saturated heterocycles. The molecule has 0 bridgehead atoms. The van der Waals surface area contributed by atoms with Crippen LogP contribution in [0.3, 0.4) is 0 Å². The van der Waals surface area contributed by atoms with Gasteiger partial charge in [0.05, 0.1) is 0 Å². The molecule has 0 amide bonds. The number of rotatable bonds is 6. The minimum absolute atomic E-state index is 0.150. The third-order valence-corrected chi connectivity index (χ3v) is 3.89. The third-order valence-electron chi connectivity index (χ3n) is 3.89. The van der Waals surface area contributed by atoms with E-state index in [4.69, 9.17) is 0 Å². The molecule has 2 aromatic carbocycles. The molecule has 0 atom stereocenters. The quantitative estimate of drug-likeness (QED) is 0.499. The summed E-state index contributed by atoms with van der Waals surface area (Å²) in [5, 5.41) is 18.5. The Balaban J connectivity index is 1.71. The number of phenolic OH excluding ortho intramolecular Hbond substituents is 2. The van der Waals surface area contributed by atoms with Gasteiger partial charge in [0.15, 0.2) is 0 Å². The van der Waals surface area contributed by atoms with Crippen LogP contribution >= 0.6 is 0 Å². The fraction of sp³-hybridized carbons (Fsp3) is 0. The maximum atomic E-state index is 12.3. The second-order valence-electron chi connectivity index (χ2n) is 5.99. The molecule has 0 aliphatic rings. The summed E-state index contributed by atoms with van der Waals surface area (Å²) in [4.78, 5) is 28.8. The number of allylic oxidation sites excluding steroid dienone is 2. The molecule has 0 aliphatic carbocycles. The van der Waals surface area contributed by atoms with E-state index in [1.807, 2.05) is 0 Å². The SMILES string of the molecule is O=C(/C=C\c1ccc(O)cc1)c1cccc(C(=O)/C=C\c2ccc(O)cc2)n1. The molecule has 0 spiro atoms. The lowest BCUT2D eigenvalue weighted by Gasteiger charge is -2.00. The Labute approximate surface area is 161 Å². The number of ketones is 2. The zero-order valence-corrected chi connectivity index (χ0v) is 14.8. The summed E-state index contributed by atoms with van der Waals surface area (Å²) in [6, 6.07) is 17.5. The van der Waals surface area contributed by atoms with Gasteiger partial charge in [-0.05, 0) is 59.7 Å². The average Bonchev–Trinajstić information content (AvgIpc) is 2.72. The number of benzene rings is 2. The summed E-state index contributed by atoms with van der Waals surface area (Å²) < 4.78 is 0. The molecule has 5 heteroatoms. The molecular weight excluding hydrogens is 354 g/mol. The van der Waals surface area contributed by atoms with E-state index in [0.717, 1.165) is 11.1 Å². The van der Waals surface area contributed by atoms with Crippen LogP contribution in [0.2, 0.25) is 0 Å². The normalized spacial score (nSPS) is 11.1. The first-order chi connectivity index (χ1) is 13.5. The van der Waals surface area contributed by atoms with Crippen LogP contribution in [0.25, 0.3) is 12.2 Å². The Morgan fingerprint density at radius 3 is 1.43 bits per heavy atom. The van der Waals surface area contributed by atoms with Gasteiger partial charge in [-0.15, -0.1) is 0 Å². The summed E-state index contributed by atoms with van der Waals surface area (Å²) >= 11 is 0. The fourth-order valence-corrected chi connectivity index (χ4v) is 2.39. The summed E-state index contributed by atoms with van der Waals surface area (Å²) in [5.74, 6) is -0.357. The highest BCUT2D eigenvalue weighted by Gasteiger charge is 2.09. The molecular formula is C23H17NO4. The Kier molecular flexibility index (Phi) is 5.77. The molecule has 0 fully saturated rings. The zero-order chi connectivity index (χ0) is 19.9. The van der Waals surface area contributed by atoms with Gasteiger partial charge < -0.3 is 10.2 Å². The molecule has 0 radical (unpaired) electrons. The van der Waals surface area contributed by atoms with Crippen molar-refractivity contribution < 1.29 is 19.8 Å². The van der Waals surface area contributed by atoms with Crippen LogP contribution in [0.1, 0.15) is 32.1 Å². The van der Waals surface area contributed by atoms with Gasteiger partial charge in [0.2, 0.25) is 11.6 Å². The first kappa shape index (κ1) is 18.8. The Morgan fingerprint density at radius 2 is 1.04 bits per heavy atom. The minimum Gasteiger partial charge on any atom is -0.508 e. The van der Waals surface area contributed by atoms with Crippen LogP contribution in [0.5, 0.6) is 11.5 Å². The number of aromatic hydroxyl groups is 2. The third kappa shape index (κ3) is 5.02. The van der Waals surface area contributed by atoms with Crippen LogP contribution in [-0.4, -0.2) is 26.8 Å². The van der Waals surface area contributed by atoms with Crippen molar-refractivity contribution in [3.63, 3.8) is 0 Å². The molecule has 1 aromatic heterocycles. The smallest absolute Gasteiger partial charge is 0.204 e. The van der Waals surface area contributed by atoms with Gasteiger partial charge >= 0.3 is 0 Å². The van der Waals surface area contributed by atoms with Crippen molar-refractivity contribution in [1.29, 1.82) is 0 Å². The maximum absolute atomic E-state index is 12.3. The number of nitrogens with zero attached hydrogens (tertiary/aromatic N) is 1. The van der Waals surface area contributed by atoms with E-state index in [1.165, 1.54) is 36.4 Å². The van der Waals surface area contributed by atoms with Crippen LogP contribution < -0.4 is 0 Å². The number of phenols is 2. The first-order valence-electron chi connectivity index (χ1n) is 8.51. The summed E-state index contributed by atoms with van der Waals surface area (Å²) in [6.07, 6.45) is 5.97. The topological polar surface area (TPSA) is 87.5 Å². The van der Waals surface area contributed by atoms with Gasteiger partial charge in [0.25, 0.3) is 0 Å². The molecule has 5 nitrogen and oxygen atoms in total. The number of carbonyl (C=O) groups excluding carboxylic acids is 2. The van der Waals surface area contributed by atoms with Gasteiger partial charge in [-0.2, -0.15) is 0 Å². The van der Waals surface area contributed by atoms with E-state index < -0.39 is 0 Å². The maximum Gasteiger partial charge on any atom is 0.204 e. The highest BCUT2D eigenvalue weighted by Crippen LogP contribution is 2.13. The number of pyridine rings is 1. The lowest BCUT2D eigenvalue weighted by atomic mass is 10.1. The Bertz CT molecular complexity index is 966. The predicted octanol–water partition coefficient (Wildman–Crippen LogP) is 4.29. The van der Waals surface area contributed by atoms with Crippen molar-refractivity contribution in [3.05, 3.63) is 101 Å². The zero-order valence-electron chi connectivity index (χ0n) is 14.8. The van der Waals surface area contributed by atoms with Crippen molar-refractivity contribution in [3.8, 4) is 11.5 Å². The van der Waals surface area contributed by atoms with Crippen molar-refractivity contribution in [1.82, 2.24) is 4.98 Å². The number of aromatic nitrogens is 1. The van der Waals surface area contributed by atoms with Gasteiger partial charge in [0.1, 0.15) is 22.9 Å². The second-order valence-corrected chi connectivity index (χ2v) is 5.99. The fourth-order valence-electron chi connectivity index (χ4n) is 2.39. The predicted molar refractivity (Wildman–Crippen MR) is 107 cm³/mol. The van der Waals surface area contributed by atoms with Crippen molar-refractivity contribution >= 4 is 23.7 Å². The van der Waals surface area contributed by atoms with E-state index in [2.05, 4.69) is 4.98 Å². The van der Waals surface area contributed by atoms with E-state index in [1.54, 1.807) is 54.6 Å². The monoisotopic (exact) mass is 371 g/mol. The number of carbonyl (C=O) groups is 2. The van der Waals surface area contributed by atoms with Gasteiger partial charge in [-0.1, -0.05) is 42.5 Å². The minimum atomic E-state index is -0.328. The number of hydrogen-bond acceptors (Lipinski definition) is 5. The molecule has 3 aromatic rings. The van der Waals surface area contributed by atoms with Crippen LogP contribution in [0.4, 0.5) is 0 Å². The van der Waals surface area contributed by atoms with Gasteiger partial charge in [-0.25, -0.2) is 4.98 Å². The average molecular weight is 371 g/mol. The largest absolute Gasteiger partial charge is 0.508 e. The summed E-state index contributed by atoms with van der Waals surface area (Å²) in [5.41, 5.74) is 1.85. The molecule has 0 unspecified atom stereocenters. The number of hydrogen-bond donors (Lipinski definition) is 2. The molecule has 2 N–H and O–H groups in total. The van der Waals surface area contributed by atoms with E-state index in [9.17, 15) is 19.8 Å². The second kappa shape index (κ2) is 8.60. The summed E-state index contributed by atoms with van der Waals surface area (Å²) in [6.45, 7) is 0. The molecule has 0 aliphatic heterocycles. The van der Waals surface area contributed by atoms with E-state index in [0.29, 0.717) is 0 Å². The van der Waals surface area contributed by atoms with Crippen molar-refractivity contribution in [2.24, 2.45) is 0 Å². The van der Waals surface area contributed by atoms with Gasteiger partial charge in [-0.3, -0.25) is 9.59 Å². The highest BCUT2D eigenvalue weighted by atomic mass is 16.3. The highest BCUT2D eigenvalue weighted by molar-refractivity contribution is 6.08. The summed E-state index contributed by atoms with van der Waals surface area (Å²) in [7, 11) is 0. The van der Waals surface area contributed by atoms with Crippen LogP contribution in [0, 0.1) is 0 Å². The van der Waals surface area contributed by atoms with Crippen molar-refractivity contribution in [2.75, 3.05) is 0 Å². The standard InChI is InChI=1S/C23H17NO4/c25-18-10-4-16(5-11-18)8-14-22(27)20-2-1-3-21(24-20)23(28)15-9-17-6-12-19(26)13-7-17/h1-15,25-26H/b14-8-,15-9-. The molecule has 1 heterocycles. The first-order valence-corrected chi connectivity index (χ1v) is 8.51. The Morgan fingerprint density at radius 1 is 0.643 bits per heavy atom. The lowest BCUT2D eigenvalue weighted by Crippen LogP contribution is -2.05. The van der Waals surface area contributed by atoms with Crippen molar-refractivity contribution in [2.45, 2.75) is 0 Å².